The van der Waals surface area contributed by atoms with Crippen molar-refractivity contribution in [3.63, 3.8) is 0 Å². The highest BCUT2D eigenvalue weighted by Gasteiger charge is 2.15. The van der Waals surface area contributed by atoms with Crippen LogP contribution in [0.15, 0.2) is 47.5 Å². The van der Waals surface area contributed by atoms with Gasteiger partial charge in [0, 0.05) is 6.20 Å². The summed E-state index contributed by atoms with van der Waals surface area (Å²) in [4.78, 5) is 15.6. The van der Waals surface area contributed by atoms with Crippen molar-refractivity contribution in [3.8, 4) is 0 Å². The third-order valence-corrected chi connectivity index (χ3v) is 4.13. The van der Waals surface area contributed by atoms with E-state index < -0.39 is 16.8 Å². The Hall–Kier alpha value is -2.01. The highest BCUT2D eigenvalue weighted by molar-refractivity contribution is 7.84. The predicted molar refractivity (Wildman–Crippen MR) is 72.5 cm³/mol. The van der Waals surface area contributed by atoms with Crippen LogP contribution in [0.3, 0.4) is 0 Å². The van der Waals surface area contributed by atoms with Gasteiger partial charge in [0.25, 0.3) is 0 Å². The van der Waals surface area contributed by atoms with Crippen molar-refractivity contribution >= 4 is 16.8 Å². The summed E-state index contributed by atoms with van der Waals surface area (Å²) in [6.45, 7) is 1.89. The summed E-state index contributed by atoms with van der Waals surface area (Å²) in [6.07, 6.45) is 1.64. The predicted octanol–water partition coefficient (Wildman–Crippen LogP) is 2.40. The molecule has 1 unspecified atom stereocenters. The Bertz CT molecular complexity index is 640. The minimum atomic E-state index is -1.42. The number of hydrogen-bond acceptors (Lipinski definition) is 3. The van der Waals surface area contributed by atoms with Crippen molar-refractivity contribution in [2.75, 3.05) is 0 Å². The Morgan fingerprint density at radius 2 is 2.00 bits per heavy atom. The number of aromatic nitrogens is 1. The molecule has 0 spiro atoms. The number of aryl methyl sites for hydroxylation is 1. The summed E-state index contributed by atoms with van der Waals surface area (Å²) in [7, 11) is -1.42. The standard InChI is InChI=1S/C14H13NO3S/c1-10-5-4-8-15-12(10)9-19(18)13-7-3-2-6-11(13)14(16)17/h2-8H,9H2,1H3,(H,16,17). The van der Waals surface area contributed by atoms with E-state index in [1.54, 1.807) is 24.4 Å². The molecule has 1 aromatic heterocycles. The van der Waals surface area contributed by atoms with Crippen LogP contribution in [-0.4, -0.2) is 20.3 Å². The lowest BCUT2D eigenvalue weighted by Crippen LogP contribution is -2.07. The third kappa shape index (κ3) is 3.06. The molecule has 1 N–H and O–H groups in total. The van der Waals surface area contributed by atoms with Crippen LogP contribution < -0.4 is 0 Å². The molecule has 0 saturated carbocycles. The van der Waals surface area contributed by atoms with Gasteiger partial charge in [0.05, 0.1) is 32.7 Å². The highest BCUT2D eigenvalue weighted by Crippen LogP contribution is 2.17. The fourth-order valence-corrected chi connectivity index (χ4v) is 3.05. The minimum Gasteiger partial charge on any atom is -0.478 e. The first-order chi connectivity index (χ1) is 9.09. The van der Waals surface area contributed by atoms with E-state index in [4.69, 9.17) is 5.11 Å². The van der Waals surface area contributed by atoms with E-state index in [2.05, 4.69) is 4.98 Å². The Balaban J connectivity index is 2.31. The van der Waals surface area contributed by atoms with Gasteiger partial charge in [-0.2, -0.15) is 0 Å². The summed E-state index contributed by atoms with van der Waals surface area (Å²) in [5.41, 5.74) is 1.75. The third-order valence-electron chi connectivity index (χ3n) is 2.75. The molecule has 1 atom stereocenters. The van der Waals surface area contributed by atoms with Crippen molar-refractivity contribution in [1.82, 2.24) is 4.98 Å². The molecule has 0 amide bonds. The van der Waals surface area contributed by atoms with E-state index in [-0.39, 0.29) is 11.3 Å². The summed E-state index contributed by atoms with van der Waals surface area (Å²) in [6, 6.07) is 10.1. The van der Waals surface area contributed by atoms with Gasteiger partial charge in [-0.25, -0.2) is 4.79 Å². The highest BCUT2D eigenvalue weighted by atomic mass is 32.2. The quantitative estimate of drug-likeness (QED) is 0.930. The molecule has 0 aliphatic heterocycles. The van der Waals surface area contributed by atoms with Crippen molar-refractivity contribution in [2.24, 2.45) is 0 Å². The molecule has 0 bridgehead atoms. The van der Waals surface area contributed by atoms with Crippen molar-refractivity contribution < 1.29 is 14.1 Å². The van der Waals surface area contributed by atoms with Crippen molar-refractivity contribution in [3.05, 3.63) is 59.4 Å². The first-order valence-electron chi connectivity index (χ1n) is 5.71. The summed E-state index contributed by atoms with van der Waals surface area (Å²) >= 11 is 0. The van der Waals surface area contributed by atoms with Crippen LogP contribution in [0.1, 0.15) is 21.6 Å². The summed E-state index contributed by atoms with van der Waals surface area (Å²) in [5, 5.41) is 9.09. The van der Waals surface area contributed by atoms with Gasteiger partial charge in [-0.05, 0) is 30.7 Å². The molecule has 2 aromatic rings. The molecular weight excluding hydrogens is 262 g/mol. The molecule has 1 heterocycles. The van der Waals surface area contributed by atoms with E-state index in [1.807, 2.05) is 19.1 Å². The van der Waals surface area contributed by atoms with Crippen LogP contribution in [0, 0.1) is 6.92 Å². The molecule has 5 heteroatoms. The minimum absolute atomic E-state index is 0.0782. The molecule has 0 aliphatic carbocycles. The van der Waals surface area contributed by atoms with Crippen LogP contribution >= 0.6 is 0 Å². The fourth-order valence-electron chi connectivity index (χ4n) is 1.71. The number of aromatic carboxylic acids is 1. The van der Waals surface area contributed by atoms with E-state index >= 15 is 0 Å². The van der Waals surface area contributed by atoms with Gasteiger partial charge in [-0.15, -0.1) is 0 Å². The Morgan fingerprint density at radius 3 is 2.68 bits per heavy atom. The summed E-state index contributed by atoms with van der Waals surface area (Å²) in [5.74, 6) is -0.849. The van der Waals surface area contributed by atoms with Gasteiger partial charge >= 0.3 is 5.97 Å². The van der Waals surface area contributed by atoms with Gasteiger partial charge in [-0.3, -0.25) is 9.19 Å². The molecule has 0 radical (unpaired) electrons. The van der Waals surface area contributed by atoms with Gasteiger partial charge in [0.2, 0.25) is 0 Å². The van der Waals surface area contributed by atoms with E-state index in [9.17, 15) is 9.00 Å². The molecule has 1 aromatic carbocycles. The second kappa shape index (κ2) is 5.75. The van der Waals surface area contributed by atoms with E-state index in [0.29, 0.717) is 4.90 Å². The van der Waals surface area contributed by atoms with Crippen molar-refractivity contribution in [1.29, 1.82) is 0 Å². The number of hydrogen-bond donors (Lipinski definition) is 1. The van der Waals surface area contributed by atoms with Crippen LogP contribution in [-0.2, 0) is 16.6 Å². The largest absolute Gasteiger partial charge is 0.478 e. The first-order valence-corrected chi connectivity index (χ1v) is 7.02. The number of rotatable bonds is 4. The fraction of sp³-hybridized carbons (Fsp3) is 0.143. The van der Waals surface area contributed by atoms with E-state index in [1.165, 1.54) is 6.07 Å². The lowest BCUT2D eigenvalue weighted by atomic mass is 10.2. The number of pyridine rings is 1. The van der Waals surface area contributed by atoms with Crippen LogP contribution in [0.25, 0.3) is 0 Å². The SMILES string of the molecule is Cc1cccnc1CS(=O)c1ccccc1C(=O)O. The zero-order valence-corrected chi connectivity index (χ0v) is 11.2. The topological polar surface area (TPSA) is 67.3 Å². The molecule has 19 heavy (non-hydrogen) atoms. The lowest BCUT2D eigenvalue weighted by Gasteiger charge is -2.07. The number of carboxylic acid groups (broad SMARTS) is 1. The molecule has 0 saturated heterocycles. The van der Waals surface area contributed by atoms with Gasteiger partial charge in [-0.1, -0.05) is 18.2 Å². The lowest BCUT2D eigenvalue weighted by molar-refractivity contribution is 0.0693. The maximum atomic E-state index is 12.3. The van der Waals surface area contributed by atoms with Gasteiger partial charge in [0.15, 0.2) is 0 Å². The van der Waals surface area contributed by atoms with Crippen LogP contribution in [0.2, 0.25) is 0 Å². The molecule has 2 rings (SSSR count). The Morgan fingerprint density at radius 1 is 1.26 bits per heavy atom. The van der Waals surface area contributed by atoms with Crippen LogP contribution in [0.5, 0.6) is 0 Å². The van der Waals surface area contributed by atoms with Gasteiger partial charge < -0.3 is 5.11 Å². The monoisotopic (exact) mass is 275 g/mol. The normalized spacial score (nSPS) is 12.1. The number of carboxylic acids is 1. The molecule has 0 aliphatic rings. The maximum absolute atomic E-state index is 12.3. The molecule has 98 valence electrons. The van der Waals surface area contributed by atoms with Crippen molar-refractivity contribution in [2.45, 2.75) is 17.6 Å². The number of benzene rings is 1. The molecular formula is C14H13NO3S. The first kappa shape index (κ1) is 13.4. The molecule has 4 nitrogen and oxygen atoms in total. The zero-order valence-electron chi connectivity index (χ0n) is 10.4. The summed E-state index contributed by atoms with van der Waals surface area (Å²) < 4.78 is 12.3. The smallest absolute Gasteiger partial charge is 0.336 e. The number of nitrogens with zero attached hydrogens (tertiary/aromatic N) is 1. The average molecular weight is 275 g/mol. The van der Waals surface area contributed by atoms with E-state index in [0.717, 1.165) is 11.3 Å². The Labute approximate surface area is 113 Å². The average Bonchev–Trinajstić information content (AvgIpc) is 2.41. The Kier molecular flexibility index (Phi) is 4.06. The van der Waals surface area contributed by atoms with Crippen LogP contribution in [0.4, 0.5) is 0 Å². The zero-order chi connectivity index (χ0) is 13.8. The number of carbonyl (C=O) groups is 1. The second-order valence-corrected chi connectivity index (χ2v) is 5.48. The maximum Gasteiger partial charge on any atom is 0.336 e. The second-order valence-electron chi connectivity index (χ2n) is 4.06. The van der Waals surface area contributed by atoms with Gasteiger partial charge in [0.1, 0.15) is 0 Å². The molecule has 0 fully saturated rings.